The molecule has 1 aliphatic heterocycles. The minimum absolute atomic E-state index is 0.0855. The summed E-state index contributed by atoms with van der Waals surface area (Å²) in [5.41, 5.74) is 9.92. The van der Waals surface area contributed by atoms with Crippen molar-refractivity contribution < 1.29 is 24.5 Å². The zero-order valence-corrected chi connectivity index (χ0v) is 41.1. The van der Waals surface area contributed by atoms with Crippen LogP contribution in [-0.4, -0.2) is 47.8 Å². The van der Waals surface area contributed by atoms with E-state index in [1.54, 1.807) is 0 Å². The van der Waals surface area contributed by atoms with Crippen molar-refractivity contribution in [1.82, 2.24) is 0 Å². The molecule has 1 heterocycles. The summed E-state index contributed by atoms with van der Waals surface area (Å²) in [4.78, 5) is 10.8. The van der Waals surface area contributed by atoms with Gasteiger partial charge < -0.3 is 0 Å². The van der Waals surface area contributed by atoms with Crippen LogP contribution in [0.5, 0.6) is 11.5 Å². The molecular formula is C50H54AlF6N2O2Sb. The molecule has 0 aliphatic carbocycles. The summed E-state index contributed by atoms with van der Waals surface area (Å²) in [5, 5.41) is 4.56. The van der Waals surface area contributed by atoms with Gasteiger partial charge in [0.15, 0.2) is 0 Å². The van der Waals surface area contributed by atoms with E-state index in [-0.39, 0.29) is 21.7 Å². The Balaban J connectivity index is 0.000000845. The molecule has 7 rings (SSSR count). The number of aliphatic imine (C=N–C) groups is 2. The molecule has 0 saturated heterocycles. The Kier molecular flexibility index (Phi) is 12.0. The number of halogens is 6. The van der Waals surface area contributed by atoms with Crippen LogP contribution in [0, 0.1) is 0 Å². The minimum atomic E-state index is -11.2. The summed E-state index contributed by atoms with van der Waals surface area (Å²) in [6.07, 6.45) is 4.01. The van der Waals surface area contributed by atoms with Gasteiger partial charge in [0.25, 0.3) is 0 Å². The molecule has 62 heavy (non-hydrogen) atoms. The Morgan fingerprint density at radius 3 is 1.11 bits per heavy atom. The molecule has 0 bridgehead atoms. The van der Waals surface area contributed by atoms with Gasteiger partial charge in [0.05, 0.1) is 0 Å². The fourth-order valence-electron chi connectivity index (χ4n) is 7.40. The number of nitrogens with zero attached hydrogens (tertiary/aromatic N) is 2. The van der Waals surface area contributed by atoms with E-state index in [1.807, 2.05) is 12.4 Å². The molecule has 4 nitrogen and oxygen atoms in total. The number of hydrogen-bond acceptors (Lipinski definition) is 4. The third-order valence-electron chi connectivity index (χ3n) is 10.7. The van der Waals surface area contributed by atoms with Crippen LogP contribution in [0.4, 0.5) is 28.3 Å². The molecule has 12 heteroatoms. The van der Waals surface area contributed by atoms with Crippen molar-refractivity contribution in [1.29, 1.82) is 0 Å². The standard InChI is InChI=1S/C50H56N2O2.Al.6FH.Sb/c1-47(2,3)35-25-33(45(53)39(27-35)49(7,8)9)29-51-41-23-21-31-17-13-15-19-37(31)43(41)44-38-20-16-14-18-32(38)22-24-42(44)52-30-34-26-36(48(4,5)6)28-40(46(34)54)50(10,11)12;;;;;;;;/h13-30,53-54H,1-12H3;;6*1H;/q;+3;;;;;;;+5/p-8. The molecule has 0 aromatic heterocycles. The number of fused-ring (bicyclic) bond motifs is 9. The van der Waals surface area contributed by atoms with Crippen LogP contribution in [0.1, 0.15) is 116 Å². The van der Waals surface area contributed by atoms with Crippen molar-refractivity contribution in [2.45, 2.75) is 105 Å². The van der Waals surface area contributed by atoms with Crippen LogP contribution < -0.4 is 7.58 Å². The van der Waals surface area contributed by atoms with E-state index in [4.69, 9.17) is 17.6 Å². The molecule has 0 atom stereocenters. The zero-order chi connectivity index (χ0) is 45.9. The van der Waals surface area contributed by atoms with E-state index in [1.165, 1.54) is 11.1 Å². The zero-order valence-electron chi connectivity index (χ0n) is 37.4. The monoisotopic (exact) mass is 976 g/mol. The van der Waals surface area contributed by atoms with E-state index in [9.17, 15) is 16.9 Å². The van der Waals surface area contributed by atoms with Gasteiger partial charge in [-0.15, -0.1) is 0 Å². The first-order chi connectivity index (χ1) is 28.3. The van der Waals surface area contributed by atoms with Gasteiger partial charge >= 0.3 is 373 Å². The molecule has 0 spiro atoms. The Morgan fingerprint density at radius 1 is 0.452 bits per heavy atom. The third kappa shape index (κ3) is 11.6. The van der Waals surface area contributed by atoms with Crippen LogP contribution in [0.15, 0.2) is 107 Å². The van der Waals surface area contributed by atoms with Crippen LogP contribution in [-0.2, 0) is 21.7 Å². The average Bonchev–Trinajstić information content (AvgIpc) is 3.13. The summed E-state index contributed by atoms with van der Waals surface area (Å²) in [6.45, 7) is 27.1. The van der Waals surface area contributed by atoms with Gasteiger partial charge in [-0.2, -0.15) is 0 Å². The molecule has 6 aromatic carbocycles. The van der Waals surface area contributed by atoms with Crippen molar-refractivity contribution >= 4 is 80.7 Å². The summed E-state index contributed by atoms with van der Waals surface area (Å²) in [5.74, 6) is 1.64. The molecule has 6 aromatic rings. The topological polar surface area (TPSA) is 43.2 Å². The van der Waals surface area contributed by atoms with E-state index in [2.05, 4.69) is 180 Å². The van der Waals surface area contributed by atoms with Gasteiger partial charge in [-0.25, -0.2) is 0 Å². The second kappa shape index (κ2) is 15.8. The van der Waals surface area contributed by atoms with Crippen molar-refractivity contribution in [2.24, 2.45) is 9.98 Å². The first-order valence-corrected chi connectivity index (χ1v) is 27.2. The maximum atomic E-state index is 9.93. The first-order valence-electron chi connectivity index (χ1n) is 20.5. The molecule has 1 aliphatic rings. The van der Waals surface area contributed by atoms with Gasteiger partial charge in [-0.3, -0.25) is 0 Å². The van der Waals surface area contributed by atoms with Gasteiger partial charge in [-0.1, -0.05) is 0 Å². The molecule has 0 fully saturated rings. The van der Waals surface area contributed by atoms with Crippen molar-refractivity contribution in [3.05, 3.63) is 130 Å². The van der Waals surface area contributed by atoms with Crippen molar-refractivity contribution in [2.75, 3.05) is 0 Å². The van der Waals surface area contributed by atoms with E-state index >= 15 is 0 Å². The second-order valence-corrected chi connectivity index (χ2v) is 26.2. The summed E-state index contributed by atoms with van der Waals surface area (Å²) in [7, 11) is 0. The third-order valence-corrected chi connectivity index (χ3v) is 11.3. The quantitative estimate of drug-likeness (QED) is 0.112. The fourth-order valence-corrected chi connectivity index (χ4v) is 8.16. The predicted molar refractivity (Wildman–Crippen MR) is 248 cm³/mol. The Labute approximate surface area is 370 Å². The predicted octanol–water partition coefficient (Wildman–Crippen LogP) is 15.8. The van der Waals surface area contributed by atoms with Gasteiger partial charge in [-0.05, 0) is 0 Å². The molecule has 0 radical (unpaired) electrons. The van der Waals surface area contributed by atoms with Crippen LogP contribution >= 0.6 is 0 Å². The van der Waals surface area contributed by atoms with Crippen LogP contribution in [0.2, 0.25) is 0 Å². The first kappa shape index (κ1) is 47.2. The normalized spacial score (nSPS) is 14.7. The number of hydrogen-bond donors (Lipinski definition) is 0. The molecule has 0 saturated carbocycles. The summed E-state index contributed by atoms with van der Waals surface area (Å²) in [6, 6.07) is 35.0. The van der Waals surface area contributed by atoms with Crippen LogP contribution in [0.25, 0.3) is 32.7 Å². The SMILES string of the molecule is CC(C)(C)c1cc2c(c(C(C)(C)C)c1)[O][Al+][O]c1c(cc(C(C)(C)C)cc1C(C)(C)C)C=Nc1ccc3ccccc3c1-c1c(ccc3ccccc13)N=C2.[F][Sb-]([F])([F])([F])([F])[F]. The average molecular weight is 978 g/mol. The molecule has 0 amide bonds. The molecule has 0 unspecified atom stereocenters. The maximum absolute atomic E-state index is 11.2. The summed E-state index contributed by atoms with van der Waals surface area (Å²) < 4.78 is 73.4. The Hall–Kier alpha value is -4.29. The molecule has 0 N–H and O–H groups in total. The Bertz CT molecular complexity index is 2570. The van der Waals surface area contributed by atoms with E-state index in [0.717, 1.165) is 77.8 Å². The van der Waals surface area contributed by atoms with Gasteiger partial charge in [0.2, 0.25) is 0 Å². The molecule has 326 valence electrons. The second-order valence-electron chi connectivity index (χ2n) is 20.1. The van der Waals surface area contributed by atoms with Crippen molar-refractivity contribution in [3.8, 4) is 22.6 Å². The van der Waals surface area contributed by atoms with Gasteiger partial charge in [0.1, 0.15) is 0 Å². The van der Waals surface area contributed by atoms with E-state index in [0.29, 0.717) is 0 Å². The number of rotatable bonds is 0. The number of benzene rings is 6. The van der Waals surface area contributed by atoms with Gasteiger partial charge in [0, 0.05) is 0 Å². The van der Waals surface area contributed by atoms with E-state index < -0.39 is 35.4 Å². The Morgan fingerprint density at radius 2 is 0.790 bits per heavy atom. The molecular weight excluding hydrogens is 923 g/mol. The summed E-state index contributed by atoms with van der Waals surface area (Å²) >= 11 is -12.2. The van der Waals surface area contributed by atoms with Crippen LogP contribution in [0.3, 0.4) is 0 Å². The fraction of sp³-hybridized carbons (Fsp3) is 0.320. The van der Waals surface area contributed by atoms with Crippen molar-refractivity contribution in [3.63, 3.8) is 0 Å².